The SMILES string of the molecule is O=C1NC(=O)C(Cc2cccc(-c3ccccc3)c2)O1. The number of alkyl carbamates (subject to hydrolysis) is 1. The van der Waals surface area contributed by atoms with Crippen LogP contribution in [0, 0.1) is 0 Å². The lowest BCUT2D eigenvalue weighted by Crippen LogP contribution is -2.25. The van der Waals surface area contributed by atoms with Gasteiger partial charge in [0.15, 0.2) is 6.10 Å². The Kier molecular flexibility index (Phi) is 3.21. The molecule has 1 atom stereocenters. The maximum atomic E-state index is 11.5. The Balaban J connectivity index is 1.82. The van der Waals surface area contributed by atoms with Gasteiger partial charge in [-0.3, -0.25) is 10.1 Å². The summed E-state index contributed by atoms with van der Waals surface area (Å²) >= 11 is 0. The van der Waals surface area contributed by atoms with E-state index in [-0.39, 0.29) is 5.91 Å². The van der Waals surface area contributed by atoms with Crippen LogP contribution in [0.2, 0.25) is 0 Å². The lowest BCUT2D eigenvalue weighted by atomic mass is 10.0. The molecule has 0 aliphatic carbocycles. The number of rotatable bonds is 3. The molecule has 0 spiro atoms. The monoisotopic (exact) mass is 267 g/mol. The van der Waals surface area contributed by atoms with Crippen molar-refractivity contribution < 1.29 is 14.3 Å². The Morgan fingerprint density at radius 2 is 1.70 bits per heavy atom. The number of carbonyl (C=O) groups is 2. The summed E-state index contributed by atoms with van der Waals surface area (Å²) in [7, 11) is 0. The summed E-state index contributed by atoms with van der Waals surface area (Å²) in [5.41, 5.74) is 3.15. The molecule has 0 aromatic heterocycles. The van der Waals surface area contributed by atoms with E-state index in [0.717, 1.165) is 16.7 Å². The summed E-state index contributed by atoms with van der Waals surface area (Å²) in [4.78, 5) is 22.5. The quantitative estimate of drug-likeness (QED) is 0.929. The molecule has 1 heterocycles. The third-order valence-electron chi connectivity index (χ3n) is 3.22. The summed E-state index contributed by atoms with van der Waals surface area (Å²) < 4.78 is 4.92. The first-order chi connectivity index (χ1) is 9.72. The number of cyclic esters (lactones) is 1. The fraction of sp³-hybridized carbons (Fsp3) is 0.125. The van der Waals surface area contributed by atoms with Crippen LogP contribution < -0.4 is 5.32 Å². The van der Waals surface area contributed by atoms with Crippen molar-refractivity contribution in [1.29, 1.82) is 0 Å². The molecular weight excluding hydrogens is 254 g/mol. The average Bonchev–Trinajstić information content (AvgIpc) is 2.78. The smallest absolute Gasteiger partial charge is 0.414 e. The predicted molar refractivity (Wildman–Crippen MR) is 74.0 cm³/mol. The van der Waals surface area contributed by atoms with E-state index in [0.29, 0.717) is 6.42 Å². The van der Waals surface area contributed by atoms with E-state index in [1.807, 2.05) is 54.6 Å². The molecule has 1 saturated heterocycles. The predicted octanol–water partition coefficient (Wildman–Crippen LogP) is 2.53. The van der Waals surface area contributed by atoms with Crippen LogP contribution in [0.4, 0.5) is 4.79 Å². The van der Waals surface area contributed by atoms with Crippen LogP contribution in [0.15, 0.2) is 54.6 Å². The summed E-state index contributed by atoms with van der Waals surface area (Å²) in [6.07, 6.45) is -1.01. The van der Waals surface area contributed by atoms with E-state index in [2.05, 4.69) is 5.32 Å². The zero-order chi connectivity index (χ0) is 13.9. The second-order valence-electron chi connectivity index (χ2n) is 4.65. The van der Waals surface area contributed by atoms with Gasteiger partial charge in [-0.25, -0.2) is 4.79 Å². The van der Waals surface area contributed by atoms with Crippen LogP contribution in [-0.2, 0) is 16.0 Å². The normalized spacial score (nSPS) is 17.7. The van der Waals surface area contributed by atoms with Crippen molar-refractivity contribution in [2.24, 2.45) is 0 Å². The first-order valence-corrected chi connectivity index (χ1v) is 6.38. The highest BCUT2D eigenvalue weighted by molar-refractivity contribution is 6.00. The molecule has 1 aliphatic rings. The van der Waals surface area contributed by atoms with Crippen molar-refractivity contribution in [3.8, 4) is 11.1 Å². The molecule has 3 rings (SSSR count). The molecule has 100 valence electrons. The molecule has 2 amide bonds. The van der Waals surface area contributed by atoms with Crippen molar-refractivity contribution >= 4 is 12.0 Å². The molecular formula is C16H13NO3. The van der Waals surface area contributed by atoms with Gasteiger partial charge < -0.3 is 4.74 Å². The number of amides is 2. The molecule has 1 N–H and O–H groups in total. The highest BCUT2D eigenvalue weighted by Gasteiger charge is 2.32. The maximum absolute atomic E-state index is 11.5. The van der Waals surface area contributed by atoms with Crippen molar-refractivity contribution in [3.05, 3.63) is 60.2 Å². The highest BCUT2D eigenvalue weighted by atomic mass is 16.6. The number of imide groups is 1. The highest BCUT2D eigenvalue weighted by Crippen LogP contribution is 2.21. The number of nitrogens with one attached hydrogen (secondary N) is 1. The van der Waals surface area contributed by atoms with E-state index >= 15 is 0 Å². The van der Waals surface area contributed by atoms with E-state index in [9.17, 15) is 9.59 Å². The van der Waals surface area contributed by atoms with Gasteiger partial charge in [-0.15, -0.1) is 0 Å². The third-order valence-corrected chi connectivity index (χ3v) is 3.22. The van der Waals surface area contributed by atoms with Crippen molar-refractivity contribution in [2.45, 2.75) is 12.5 Å². The Hall–Kier alpha value is -2.62. The summed E-state index contributed by atoms with van der Waals surface area (Å²) in [5, 5.41) is 2.13. The van der Waals surface area contributed by atoms with Gasteiger partial charge in [0.05, 0.1) is 0 Å². The lowest BCUT2D eigenvalue weighted by Gasteiger charge is -2.08. The van der Waals surface area contributed by atoms with E-state index in [1.165, 1.54) is 0 Å². The molecule has 2 aromatic rings. The van der Waals surface area contributed by atoms with Crippen LogP contribution in [-0.4, -0.2) is 18.1 Å². The van der Waals surface area contributed by atoms with Gasteiger partial charge in [-0.1, -0.05) is 54.6 Å². The molecule has 1 aliphatic heterocycles. The van der Waals surface area contributed by atoms with Gasteiger partial charge in [0, 0.05) is 6.42 Å². The molecule has 4 heteroatoms. The van der Waals surface area contributed by atoms with Gasteiger partial charge in [0.1, 0.15) is 0 Å². The number of hydrogen-bond acceptors (Lipinski definition) is 3. The second-order valence-corrected chi connectivity index (χ2v) is 4.65. The Bertz CT molecular complexity index is 652. The first-order valence-electron chi connectivity index (χ1n) is 6.38. The molecule has 20 heavy (non-hydrogen) atoms. The average molecular weight is 267 g/mol. The fourth-order valence-corrected chi connectivity index (χ4v) is 2.25. The Morgan fingerprint density at radius 3 is 2.40 bits per heavy atom. The summed E-state index contributed by atoms with van der Waals surface area (Å²) in [6.45, 7) is 0. The molecule has 1 fully saturated rings. The van der Waals surface area contributed by atoms with Gasteiger partial charge in [0.2, 0.25) is 0 Å². The van der Waals surface area contributed by atoms with Crippen LogP contribution in [0.3, 0.4) is 0 Å². The minimum Gasteiger partial charge on any atom is -0.435 e. The molecule has 0 saturated carbocycles. The number of benzene rings is 2. The second kappa shape index (κ2) is 5.17. The van der Waals surface area contributed by atoms with Crippen LogP contribution in [0.1, 0.15) is 5.56 Å². The molecule has 4 nitrogen and oxygen atoms in total. The van der Waals surface area contributed by atoms with Crippen LogP contribution >= 0.6 is 0 Å². The number of carbonyl (C=O) groups excluding carboxylic acids is 2. The summed E-state index contributed by atoms with van der Waals surface area (Å²) in [6, 6.07) is 17.9. The molecule has 0 bridgehead atoms. The van der Waals surface area contributed by atoms with Gasteiger partial charge in [-0.05, 0) is 16.7 Å². The van der Waals surface area contributed by atoms with Crippen molar-refractivity contribution in [2.75, 3.05) is 0 Å². The molecule has 1 unspecified atom stereocenters. The minimum absolute atomic E-state index is 0.375. The van der Waals surface area contributed by atoms with E-state index in [4.69, 9.17) is 4.74 Å². The van der Waals surface area contributed by atoms with Crippen molar-refractivity contribution in [1.82, 2.24) is 5.32 Å². The Morgan fingerprint density at radius 1 is 0.950 bits per heavy atom. The molecule has 2 aromatic carbocycles. The lowest BCUT2D eigenvalue weighted by molar-refractivity contribution is -0.123. The van der Waals surface area contributed by atoms with Gasteiger partial charge >= 0.3 is 6.09 Å². The van der Waals surface area contributed by atoms with Gasteiger partial charge in [-0.2, -0.15) is 0 Å². The minimum atomic E-state index is -0.728. The zero-order valence-corrected chi connectivity index (χ0v) is 10.7. The topological polar surface area (TPSA) is 55.4 Å². The number of hydrogen-bond donors (Lipinski definition) is 1. The first kappa shape index (κ1) is 12.4. The largest absolute Gasteiger partial charge is 0.435 e. The fourth-order valence-electron chi connectivity index (χ4n) is 2.25. The maximum Gasteiger partial charge on any atom is 0.414 e. The van der Waals surface area contributed by atoms with E-state index in [1.54, 1.807) is 0 Å². The van der Waals surface area contributed by atoms with Crippen LogP contribution in [0.25, 0.3) is 11.1 Å². The van der Waals surface area contributed by atoms with Gasteiger partial charge in [0.25, 0.3) is 5.91 Å². The third kappa shape index (κ3) is 2.54. The molecule has 0 radical (unpaired) electrons. The van der Waals surface area contributed by atoms with Crippen LogP contribution in [0.5, 0.6) is 0 Å². The standard InChI is InChI=1S/C16H13NO3/c18-15-14(20-16(19)17-15)10-11-5-4-8-13(9-11)12-6-2-1-3-7-12/h1-9,14H,10H2,(H,17,18,19). The van der Waals surface area contributed by atoms with E-state index < -0.39 is 12.2 Å². The Labute approximate surface area is 116 Å². The number of ether oxygens (including phenoxy) is 1. The van der Waals surface area contributed by atoms with Crippen molar-refractivity contribution in [3.63, 3.8) is 0 Å². The zero-order valence-electron chi connectivity index (χ0n) is 10.7. The summed E-state index contributed by atoms with van der Waals surface area (Å²) in [5.74, 6) is -0.375.